The normalized spacial score (nSPS) is 19.8. The Balaban J connectivity index is 2.49. The summed E-state index contributed by atoms with van der Waals surface area (Å²) in [6.07, 6.45) is 1.43. The third-order valence-corrected chi connectivity index (χ3v) is 4.91. The minimum absolute atomic E-state index is 0.0112. The van der Waals surface area contributed by atoms with Crippen LogP contribution in [0.25, 0.3) is 0 Å². The van der Waals surface area contributed by atoms with Crippen LogP contribution in [0, 0.1) is 5.92 Å². The van der Waals surface area contributed by atoms with E-state index in [1.54, 1.807) is 0 Å². The monoisotopic (exact) mass is 299 g/mol. The van der Waals surface area contributed by atoms with E-state index in [-0.39, 0.29) is 11.8 Å². The Labute approximate surface area is 129 Å². The molecule has 0 radical (unpaired) electrons. The van der Waals surface area contributed by atoms with E-state index in [4.69, 9.17) is 0 Å². The summed E-state index contributed by atoms with van der Waals surface area (Å²) in [4.78, 5) is 17.0. The van der Waals surface area contributed by atoms with Gasteiger partial charge in [-0.25, -0.2) is 0 Å². The number of nitrogens with zero attached hydrogens (tertiary/aromatic N) is 2. The lowest BCUT2D eigenvalue weighted by Gasteiger charge is -2.42. The molecule has 1 aliphatic heterocycles. The van der Waals surface area contributed by atoms with E-state index in [1.165, 1.54) is 0 Å². The highest BCUT2D eigenvalue weighted by Crippen LogP contribution is 2.17. The van der Waals surface area contributed by atoms with Crippen LogP contribution in [0.3, 0.4) is 0 Å². The van der Waals surface area contributed by atoms with E-state index in [1.807, 2.05) is 13.8 Å². The molecule has 0 aromatic heterocycles. The first kappa shape index (κ1) is 18.4. The third kappa shape index (κ3) is 4.94. The topological polar surface area (TPSA) is 55.8 Å². The molecule has 0 aromatic rings. The SMILES string of the molecule is CCC(CC)C(O)CNC(=O)C(C)(C)N1CCN(C)CC1. The van der Waals surface area contributed by atoms with Crippen LogP contribution >= 0.6 is 0 Å². The molecule has 0 bridgehead atoms. The Kier molecular flexibility index (Phi) is 7.10. The van der Waals surface area contributed by atoms with Crippen LogP contribution in [0.15, 0.2) is 0 Å². The first-order chi connectivity index (χ1) is 9.82. The summed E-state index contributed by atoms with van der Waals surface area (Å²) in [5.41, 5.74) is -0.519. The van der Waals surface area contributed by atoms with E-state index >= 15 is 0 Å². The van der Waals surface area contributed by atoms with Gasteiger partial charge in [-0.1, -0.05) is 26.7 Å². The highest BCUT2D eigenvalue weighted by molar-refractivity contribution is 5.85. The zero-order valence-corrected chi connectivity index (χ0v) is 14.4. The number of piperazine rings is 1. The third-order valence-electron chi connectivity index (χ3n) is 4.91. The van der Waals surface area contributed by atoms with Gasteiger partial charge in [-0.2, -0.15) is 0 Å². The van der Waals surface area contributed by atoms with Crippen LogP contribution in [-0.4, -0.2) is 72.2 Å². The van der Waals surface area contributed by atoms with Gasteiger partial charge in [0, 0.05) is 32.7 Å². The number of carbonyl (C=O) groups excluding carboxylic acids is 1. The first-order valence-electron chi connectivity index (χ1n) is 8.22. The van der Waals surface area contributed by atoms with Crippen molar-refractivity contribution in [1.82, 2.24) is 15.1 Å². The van der Waals surface area contributed by atoms with Gasteiger partial charge in [0.2, 0.25) is 5.91 Å². The van der Waals surface area contributed by atoms with Gasteiger partial charge in [0.15, 0.2) is 0 Å². The van der Waals surface area contributed by atoms with Crippen molar-refractivity contribution in [2.24, 2.45) is 5.92 Å². The second-order valence-electron chi connectivity index (χ2n) is 6.70. The van der Waals surface area contributed by atoms with Crippen LogP contribution < -0.4 is 5.32 Å². The number of hydrogen-bond acceptors (Lipinski definition) is 4. The van der Waals surface area contributed by atoms with Crippen molar-refractivity contribution in [3.05, 3.63) is 0 Å². The van der Waals surface area contributed by atoms with Crippen LogP contribution in [0.2, 0.25) is 0 Å². The molecule has 1 saturated heterocycles. The summed E-state index contributed by atoms with van der Waals surface area (Å²) in [7, 11) is 2.11. The van der Waals surface area contributed by atoms with E-state index in [0.29, 0.717) is 6.54 Å². The fourth-order valence-corrected chi connectivity index (χ4v) is 2.92. The van der Waals surface area contributed by atoms with Crippen LogP contribution in [0.5, 0.6) is 0 Å². The highest BCUT2D eigenvalue weighted by Gasteiger charge is 2.36. The molecule has 1 rings (SSSR count). The maximum atomic E-state index is 12.5. The molecular weight excluding hydrogens is 266 g/mol. The molecule has 1 heterocycles. The predicted molar refractivity (Wildman–Crippen MR) is 86.2 cm³/mol. The smallest absolute Gasteiger partial charge is 0.240 e. The summed E-state index contributed by atoms with van der Waals surface area (Å²) in [6, 6.07) is 0. The standard InChI is InChI=1S/C16H33N3O2/c1-6-13(7-2)14(20)12-17-15(21)16(3,4)19-10-8-18(5)9-11-19/h13-14,20H,6-12H2,1-5H3,(H,17,21). The van der Waals surface area contributed by atoms with Crippen LogP contribution in [0.4, 0.5) is 0 Å². The van der Waals surface area contributed by atoms with Gasteiger partial charge in [0.25, 0.3) is 0 Å². The quantitative estimate of drug-likeness (QED) is 0.734. The Morgan fingerprint density at radius 1 is 1.19 bits per heavy atom. The first-order valence-corrected chi connectivity index (χ1v) is 8.22. The summed E-state index contributed by atoms with van der Waals surface area (Å²) < 4.78 is 0. The zero-order valence-electron chi connectivity index (χ0n) is 14.4. The number of aliphatic hydroxyl groups excluding tert-OH is 1. The molecule has 5 nitrogen and oxygen atoms in total. The Hall–Kier alpha value is -0.650. The van der Waals surface area contributed by atoms with Crippen molar-refractivity contribution in [3.63, 3.8) is 0 Å². The largest absolute Gasteiger partial charge is 0.391 e. The molecule has 0 aliphatic carbocycles. The fourth-order valence-electron chi connectivity index (χ4n) is 2.92. The fraction of sp³-hybridized carbons (Fsp3) is 0.938. The summed E-state index contributed by atoms with van der Waals surface area (Å²) in [5.74, 6) is 0.272. The number of likely N-dealkylation sites (N-methyl/N-ethyl adjacent to an activating group) is 1. The second-order valence-corrected chi connectivity index (χ2v) is 6.70. The van der Waals surface area contributed by atoms with Gasteiger partial charge >= 0.3 is 0 Å². The Morgan fingerprint density at radius 3 is 2.19 bits per heavy atom. The van der Waals surface area contributed by atoms with Gasteiger partial charge in [0.1, 0.15) is 0 Å². The Bertz CT molecular complexity index is 321. The van der Waals surface area contributed by atoms with Crippen molar-refractivity contribution in [2.75, 3.05) is 39.8 Å². The van der Waals surface area contributed by atoms with Crippen molar-refractivity contribution < 1.29 is 9.90 Å². The molecule has 0 saturated carbocycles. The van der Waals surface area contributed by atoms with Gasteiger partial charge in [-0.05, 0) is 26.8 Å². The van der Waals surface area contributed by atoms with Crippen molar-refractivity contribution in [3.8, 4) is 0 Å². The molecule has 2 N–H and O–H groups in total. The van der Waals surface area contributed by atoms with E-state index in [2.05, 4.69) is 36.0 Å². The maximum Gasteiger partial charge on any atom is 0.240 e. The molecule has 1 aliphatic rings. The summed E-state index contributed by atoms with van der Waals surface area (Å²) in [5, 5.41) is 13.1. The van der Waals surface area contributed by atoms with E-state index in [0.717, 1.165) is 39.0 Å². The van der Waals surface area contributed by atoms with Crippen molar-refractivity contribution in [1.29, 1.82) is 0 Å². The maximum absolute atomic E-state index is 12.5. The molecular formula is C16H33N3O2. The summed E-state index contributed by atoms with van der Waals surface area (Å²) >= 11 is 0. The number of aliphatic hydroxyl groups is 1. The minimum atomic E-state index is -0.519. The minimum Gasteiger partial charge on any atom is -0.391 e. The number of hydrogen-bond donors (Lipinski definition) is 2. The molecule has 5 heteroatoms. The zero-order chi connectivity index (χ0) is 16.0. The lowest BCUT2D eigenvalue weighted by Crippen LogP contribution is -2.60. The van der Waals surface area contributed by atoms with Crippen molar-refractivity contribution in [2.45, 2.75) is 52.2 Å². The van der Waals surface area contributed by atoms with Gasteiger partial charge in [-0.15, -0.1) is 0 Å². The van der Waals surface area contributed by atoms with Crippen LogP contribution in [-0.2, 0) is 4.79 Å². The van der Waals surface area contributed by atoms with Gasteiger partial charge in [0.05, 0.1) is 11.6 Å². The molecule has 0 aromatic carbocycles. The van der Waals surface area contributed by atoms with E-state index in [9.17, 15) is 9.90 Å². The molecule has 124 valence electrons. The molecule has 1 fully saturated rings. The number of carbonyl (C=O) groups is 1. The number of nitrogens with one attached hydrogen (secondary N) is 1. The molecule has 1 amide bonds. The molecule has 1 unspecified atom stereocenters. The van der Waals surface area contributed by atoms with Crippen LogP contribution in [0.1, 0.15) is 40.5 Å². The average Bonchev–Trinajstić information content (AvgIpc) is 2.46. The van der Waals surface area contributed by atoms with Gasteiger partial charge in [-0.3, -0.25) is 9.69 Å². The average molecular weight is 299 g/mol. The number of rotatable bonds is 7. The van der Waals surface area contributed by atoms with Gasteiger partial charge < -0.3 is 15.3 Å². The molecule has 0 spiro atoms. The second kappa shape index (κ2) is 8.11. The predicted octanol–water partition coefficient (Wildman–Crippen LogP) is 0.926. The lowest BCUT2D eigenvalue weighted by molar-refractivity contribution is -0.133. The Morgan fingerprint density at radius 2 is 1.71 bits per heavy atom. The summed E-state index contributed by atoms with van der Waals surface area (Å²) in [6.45, 7) is 12.2. The number of amides is 1. The van der Waals surface area contributed by atoms with E-state index < -0.39 is 11.6 Å². The highest BCUT2D eigenvalue weighted by atomic mass is 16.3. The van der Waals surface area contributed by atoms with Crippen molar-refractivity contribution >= 4 is 5.91 Å². The molecule has 21 heavy (non-hydrogen) atoms. The lowest BCUT2D eigenvalue weighted by atomic mass is 9.95. The molecule has 1 atom stereocenters.